The maximum Gasteiger partial charge on any atom is 0.394 e. The Hall–Kier alpha value is -0.170. The van der Waals surface area contributed by atoms with Crippen molar-refractivity contribution >= 4 is 10.4 Å². The molecule has 0 radical (unpaired) electrons. The Morgan fingerprint density at radius 3 is 1.75 bits per heavy atom. The first kappa shape index (κ1) is 22.1. The lowest BCUT2D eigenvalue weighted by molar-refractivity contribution is 0.225. The monoisotopic (exact) mass is 312 g/mol. The fraction of sp³-hybridized carbons (Fsp3) is 1.00. The van der Waals surface area contributed by atoms with Gasteiger partial charge in [0.05, 0.1) is 0 Å². The number of aliphatic hydroxyl groups excluding tert-OH is 1. The lowest BCUT2D eigenvalue weighted by atomic mass is 9.95. The van der Waals surface area contributed by atoms with Crippen LogP contribution in [0.1, 0.15) is 72.1 Å². The fourth-order valence-corrected chi connectivity index (χ4v) is 1.97. The first-order valence-corrected chi connectivity index (χ1v) is 8.91. The Labute approximate surface area is 124 Å². The van der Waals surface area contributed by atoms with Gasteiger partial charge in [-0.05, 0) is 18.3 Å². The van der Waals surface area contributed by atoms with Crippen LogP contribution in [0.25, 0.3) is 0 Å². The van der Waals surface area contributed by atoms with Crippen LogP contribution < -0.4 is 0 Å². The minimum absolute atomic E-state index is 0.352. The summed E-state index contributed by atoms with van der Waals surface area (Å²) < 4.78 is 31.6. The molecule has 0 fully saturated rings. The predicted molar refractivity (Wildman–Crippen MR) is 82.2 cm³/mol. The Morgan fingerprint density at radius 1 is 0.850 bits per heavy atom. The second-order valence-electron chi connectivity index (χ2n) is 5.62. The zero-order valence-corrected chi connectivity index (χ0v) is 13.9. The van der Waals surface area contributed by atoms with Gasteiger partial charge in [0, 0.05) is 6.61 Å². The van der Waals surface area contributed by atoms with E-state index in [2.05, 4.69) is 20.8 Å². The van der Waals surface area contributed by atoms with Crippen molar-refractivity contribution in [1.82, 2.24) is 0 Å². The molecule has 0 aliphatic rings. The average molecular weight is 312 g/mol. The van der Waals surface area contributed by atoms with E-state index < -0.39 is 10.4 Å². The largest absolute Gasteiger partial charge is 0.396 e. The summed E-state index contributed by atoms with van der Waals surface area (Å²) >= 11 is 0. The summed E-state index contributed by atoms with van der Waals surface area (Å²) in [6, 6.07) is 0. The maximum atomic E-state index is 8.90. The highest BCUT2D eigenvalue weighted by atomic mass is 32.3. The molecule has 124 valence electrons. The van der Waals surface area contributed by atoms with Gasteiger partial charge >= 0.3 is 10.4 Å². The quantitative estimate of drug-likeness (QED) is 0.422. The molecule has 0 saturated heterocycles. The molecule has 2 atom stereocenters. The number of aliphatic hydroxyl groups is 1. The van der Waals surface area contributed by atoms with Gasteiger partial charge in [0.25, 0.3) is 0 Å². The highest BCUT2D eigenvalue weighted by Gasteiger charge is 2.04. The third-order valence-electron chi connectivity index (χ3n) is 3.26. The van der Waals surface area contributed by atoms with E-state index in [1.165, 1.54) is 51.4 Å². The molecule has 20 heavy (non-hydrogen) atoms. The van der Waals surface area contributed by atoms with E-state index in [-0.39, 0.29) is 0 Å². The van der Waals surface area contributed by atoms with Gasteiger partial charge in [0.1, 0.15) is 0 Å². The van der Waals surface area contributed by atoms with Crippen molar-refractivity contribution in [2.45, 2.75) is 72.1 Å². The van der Waals surface area contributed by atoms with Gasteiger partial charge in [-0.15, -0.1) is 0 Å². The zero-order valence-electron chi connectivity index (χ0n) is 13.1. The molecule has 0 aliphatic heterocycles. The zero-order chi connectivity index (χ0) is 16.0. The molecule has 0 spiro atoms. The number of rotatable bonds is 10. The molecule has 0 aromatic carbocycles. The molecule has 3 N–H and O–H groups in total. The normalized spacial score (nSPS) is 14.3. The topological polar surface area (TPSA) is 94.8 Å². The Balaban J connectivity index is 0. The number of hydrogen-bond donors (Lipinski definition) is 3. The van der Waals surface area contributed by atoms with E-state index in [0.717, 1.165) is 5.92 Å². The van der Waals surface area contributed by atoms with Crippen LogP contribution in [0.4, 0.5) is 0 Å². The van der Waals surface area contributed by atoms with Gasteiger partial charge in [-0.25, -0.2) is 0 Å². The molecule has 0 rings (SSSR count). The minimum atomic E-state index is -4.67. The average Bonchev–Trinajstić information content (AvgIpc) is 2.32. The second kappa shape index (κ2) is 13.8. The molecule has 0 saturated carbocycles. The van der Waals surface area contributed by atoms with E-state index in [0.29, 0.717) is 12.5 Å². The Kier molecular flexibility index (Phi) is 15.3. The maximum absolute atomic E-state index is 8.90. The molecule has 0 aromatic rings. The summed E-state index contributed by atoms with van der Waals surface area (Å²) in [5.74, 6) is 1.38. The van der Waals surface area contributed by atoms with Crippen LogP contribution in [-0.4, -0.2) is 29.2 Å². The van der Waals surface area contributed by atoms with Gasteiger partial charge in [0.15, 0.2) is 0 Å². The number of unbranched alkanes of at least 4 members (excludes halogenated alkanes) is 3. The molecule has 5 nitrogen and oxygen atoms in total. The summed E-state index contributed by atoms with van der Waals surface area (Å²) in [6.07, 6.45) is 10.8. The lowest BCUT2D eigenvalue weighted by Gasteiger charge is -2.12. The molecule has 2 unspecified atom stereocenters. The first-order valence-electron chi connectivity index (χ1n) is 7.51. The van der Waals surface area contributed by atoms with Crippen LogP contribution >= 0.6 is 0 Å². The molecule has 0 heterocycles. The van der Waals surface area contributed by atoms with E-state index in [1.54, 1.807) is 0 Å². The van der Waals surface area contributed by atoms with Crippen LogP contribution in [-0.2, 0) is 10.4 Å². The van der Waals surface area contributed by atoms with Crippen LogP contribution in [0.5, 0.6) is 0 Å². The SMILES string of the molecule is CCCCCCC(C)CCCC(C)CO.O=S(=O)(O)O. The van der Waals surface area contributed by atoms with Crippen molar-refractivity contribution in [2.24, 2.45) is 11.8 Å². The predicted octanol–water partition coefficient (Wildman–Crippen LogP) is 3.74. The third kappa shape index (κ3) is 26.4. The van der Waals surface area contributed by atoms with E-state index >= 15 is 0 Å². The third-order valence-corrected chi connectivity index (χ3v) is 3.26. The lowest BCUT2D eigenvalue weighted by Crippen LogP contribution is -2.02. The molecule has 6 heteroatoms. The molecule has 0 aromatic heterocycles. The standard InChI is InChI=1S/C14H30O.H2O4S/c1-4-5-6-7-9-13(2)10-8-11-14(3)12-15;1-5(2,3)4/h13-15H,4-12H2,1-3H3;(H2,1,2,3,4). The van der Waals surface area contributed by atoms with Crippen molar-refractivity contribution in [3.8, 4) is 0 Å². The van der Waals surface area contributed by atoms with Crippen molar-refractivity contribution in [3.05, 3.63) is 0 Å². The Bertz CT molecular complexity index is 282. The van der Waals surface area contributed by atoms with Crippen molar-refractivity contribution in [2.75, 3.05) is 6.61 Å². The summed E-state index contributed by atoms with van der Waals surface area (Å²) in [5.41, 5.74) is 0. The van der Waals surface area contributed by atoms with E-state index in [9.17, 15) is 0 Å². The molecular weight excluding hydrogens is 280 g/mol. The Morgan fingerprint density at radius 2 is 1.30 bits per heavy atom. The van der Waals surface area contributed by atoms with Gasteiger partial charge in [-0.1, -0.05) is 65.7 Å². The number of hydrogen-bond acceptors (Lipinski definition) is 3. The van der Waals surface area contributed by atoms with Gasteiger partial charge in [-0.2, -0.15) is 8.42 Å². The van der Waals surface area contributed by atoms with E-state index in [1.807, 2.05) is 0 Å². The van der Waals surface area contributed by atoms with Crippen molar-refractivity contribution in [3.63, 3.8) is 0 Å². The summed E-state index contributed by atoms with van der Waals surface area (Å²) in [7, 11) is -4.67. The second-order valence-corrected chi connectivity index (χ2v) is 6.52. The minimum Gasteiger partial charge on any atom is -0.396 e. The van der Waals surface area contributed by atoms with Gasteiger partial charge < -0.3 is 5.11 Å². The molecule has 0 bridgehead atoms. The highest BCUT2D eigenvalue weighted by molar-refractivity contribution is 7.79. The van der Waals surface area contributed by atoms with Crippen LogP contribution in [0.15, 0.2) is 0 Å². The van der Waals surface area contributed by atoms with Crippen LogP contribution in [0, 0.1) is 11.8 Å². The molecule has 0 amide bonds. The van der Waals surface area contributed by atoms with Crippen LogP contribution in [0.2, 0.25) is 0 Å². The molecule has 0 aliphatic carbocycles. The first-order chi connectivity index (χ1) is 9.20. The summed E-state index contributed by atoms with van der Waals surface area (Å²) in [6.45, 7) is 7.12. The van der Waals surface area contributed by atoms with Gasteiger partial charge in [0.2, 0.25) is 0 Å². The van der Waals surface area contributed by atoms with Crippen LogP contribution in [0.3, 0.4) is 0 Å². The highest BCUT2D eigenvalue weighted by Crippen LogP contribution is 2.18. The summed E-state index contributed by atoms with van der Waals surface area (Å²) in [4.78, 5) is 0. The fourth-order valence-electron chi connectivity index (χ4n) is 1.97. The van der Waals surface area contributed by atoms with Crippen molar-refractivity contribution < 1.29 is 22.6 Å². The van der Waals surface area contributed by atoms with E-state index in [4.69, 9.17) is 22.6 Å². The van der Waals surface area contributed by atoms with Crippen molar-refractivity contribution in [1.29, 1.82) is 0 Å². The van der Waals surface area contributed by atoms with Gasteiger partial charge in [-0.3, -0.25) is 9.11 Å². The molecular formula is C14H32O5S. The summed E-state index contributed by atoms with van der Waals surface area (Å²) in [5, 5.41) is 8.90. The smallest absolute Gasteiger partial charge is 0.394 e.